The molecule has 0 saturated carbocycles. The third kappa shape index (κ3) is 5.15. The molecule has 0 aliphatic carbocycles. The van der Waals surface area contributed by atoms with Gasteiger partial charge in [0, 0.05) is 44.1 Å². The first-order valence-corrected chi connectivity index (χ1v) is 9.29. The van der Waals surface area contributed by atoms with E-state index >= 15 is 0 Å². The zero-order chi connectivity index (χ0) is 19.8. The summed E-state index contributed by atoms with van der Waals surface area (Å²) in [6.45, 7) is 4.28. The first kappa shape index (κ1) is 19.5. The van der Waals surface area contributed by atoms with Gasteiger partial charge in [0.1, 0.15) is 5.75 Å². The summed E-state index contributed by atoms with van der Waals surface area (Å²) < 4.78 is 5.25. The first-order chi connectivity index (χ1) is 13.7. The predicted octanol–water partition coefficient (Wildman–Crippen LogP) is 3.91. The Kier molecular flexibility index (Phi) is 6.72. The van der Waals surface area contributed by atoms with Crippen LogP contribution in [0.5, 0.6) is 5.75 Å². The standard InChI is InChI=1S/C23H24N4O/c1-18-6-5-12-26-23(18)17-27(13-10-21-7-3-4-11-25-21)16-19-8-9-22(28-2)14-20(19)15-24/h3-9,11-12,14H,10,13,16-17H2,1-2H3. The number of aromatic nitrogens is 2. The van der Waals surface area contributed by atoms with Crippen LogP contribution in [0, 0.1) is 18.3 Å². The summed E-state index contributed by atoms with van der Waals surface area (Å²) in [4.78, 5) is 11.3. The number of nitrogens with zero attached hydrogens (tertiary/aromatic N) is 4. The van der Waals surface area contributed by atoms with E-state index in [4.69, 9.17) is 4.74 Å². The summed E-state index contributed by atoms with van der Waals surface area (Å²) in [6, 6.07) is 18.0. The largest absolute Gasteiger partial charge is 0.497 e. The number of nitriles is 1. The predicted molar refractivity (Wildman–Crippen MR) is 109 cm³/mol. The Morgan fingerprint density at radius 1 is 1.04 bits per heavy atom. The van der Waals surface area contributed by atoms with E-state index in [1.54, 1.807) is 13.2 Å². The number of methoxy groups -OCH3 is 1. The maximum absolute atomic E-state index is 9.55. The van der Waals surface area contributed by atoms with Gasteiger partial charge in [-0.1, -0.05) is 18.2 Å². The second kappa shape index (κ2) is 9.63. The minimum absolute atomic E-state index is 0.639. The van der Waals surface area contributed by atoms with Gasteiger partial charge < -0.3 is 4.74 Å². The molecular weight excluding hydrogens is 348 g/mol. The van der Waals surface area contributed by atoms with Crippen LogP contribution in [0.2, 0.25) is 0 Å². The highest BCUT2D eigenvalue weighted by molar-refractivity contribution is 5.43. The van der Waals surface area contributed by atoms with E-state index in [9.17, 15) is 5.26 Å². The van der Waals surface area contributed by atoms with Gasteiger partial charge in [-0.25, -0.2) is 0 Å². The molecule has 2 heterocycles. The van der Waals surface area contributed by atoms with Crippen LogP contribution in [0.3, 0.4) is 0 Å². The minimum Gasteiger partial charge on any atom is -0.497 e. The lowest BCUT2D eigenvalue weighted by Gasteiger charge is -2.23. The lowest BCUT2D eigenvalue weighted by molar-refractivity contribution is 0.255. The normalized spacial score (nSPS) is 10.6. The summed E-state index contributed by atoms with van der Waals surface area (Å²) in [5.74, 6) is 0.695. The molecule has 0 aliphatic heterocycles. The molecule has 3 rings (SSSR count). The maximum Gasteiger partial charge on any atom is 0.120 e. The number of benzene rings is 1. The van der Waals surface area contributed by atoms with Gasteiger partial charge in [0.2, 0.25) is 0 Å². The highest BCUT2D eigenvalue weighted by Crippen LogP contribution is 2.20. The van der Waals surface area contributed by atoms with E-state index < -0.39 is 0 Å². The number of hydrogen-bond acceptors (Lipinski definition) is 5. The topological polar surface area (TPSA) is 62.0 Å². The van der Waals surface area contributed by atoms with Gasteiger partial charge in [0.05, 0.1) is 24.4 Å². The molecule has 0 aliphatic rings. The van der Waals surface area contributed by atoms with Gasteiger partial charge in [-0.2, -0.15) is 5.26 Å². The molecule has 0 amide bonds. The van der Waals surface area contributed by atoms with Crippen molar-refractivity contribution in [2.45, 2.75) is 26.4 Å². The molecule has 0 fully saturated rings. The third-order valence-corrected chi connectivity index (χ3v) is 4.73. The fourth-order valence-corrected chi connectivity index (χ4v) is 3.09. The van der Waals surface area contributed by atoms with Crippen LogP contribution in [0.1, 0.15) is 28.1 Å². The average molecular weight is 372 g/mol. The van der Waals surface area contributed by atoms with Crippen molar-refractivity contribution < 1.29 is 4.74 Å². The molecule has 3 aromatic rings. The Hall–Kier alpha value is -3.23. The molecule has 0 N–H and O–H groups in total. The van der Waals surface area contributed by atoms with Gasteiger partial charge in [-0.15, -0.1) is 0 Å². The van der Waals surface area contributed by atoms with E-state index in [2.05, 4.69) is 33.9 Å². The summed E-state index contributed by atoms with van der Waals surface area (Å²) in [7, 11) is 1.61. The van der Waals surface area contributed by atoms with Crippen molar-refractivity contribution in [3.8, 4) is 11.8 Å². The van der Waals surface area contributed by atoms with Crippen LogP contribution in [0.4, 0.5) is 0 Å². The molecule has 2 aromatic heterocycles. The van der Waals surface area contributed by atoms with Crippen molar-refractivity contribution in [3.05, 3.63) is 89.0 Å². The summed E-state index contributed by atoms with van der Waals surface area (Å²) >= 11 is 0. The summed E-state index contributed by atoms with van der Waals surface area (Å²) in [6.07, 6.45) is 4.48. The number of ether oxygens (including phenoxy) is 1. The quantitative estimate of drug-likeness (QED) is 0.600. The van der Waals surface area contributed by atoms with Gasteiger partial charge in [-0.05, 0) is 48.4 Å². The van der Waals surface area contributed by atoms with Crippen LogP contribution in [-0.2, 0) is 19.5 Å². The summed E-state index contributed by atoms with van der Waals surface area (Å²) in [5.41, 5.74) is 4.90. The smallest absolute Gasteiger partial charge is 0.120 e. The van der Waals surface area contributed by atoms with Gasteiger partial charge >= 0.3 is 0 Å². The van der Waals surface area contributed by atoms with Crippen LogP contribution < -0.4 is 4.74 Å². The molecule has 0 radical (unpaired) electrons. The van der Waals surface area contributed by atoms with E-state index in [0.29, 0.717) is 17.9 Å². The van der Waals surface area contributed by atoms with Gasteiger partial charge in [0.15, 0.2) is 0 Å². The molecule has 1 aromatic carbocycles. The third-order valence-electron chi connectivity index (χ3n) is 4.73. The Balaban J connectivity index is 1.81. The van der Waals surface area contributed by atoms with Crippen LogP contribution in [0.15, 0.2) is 60.9 Å². The van der Waals surface area contributed by atoms with Crippen LogP contribution in [-0.4, -0.2) is 28.5 Å². The number of aryl methyl sites for hydroxylation is 1. The Morgan fingerprint density at radius 2 is 1.89 bits per heavy atom. The molecule has 0 unspecified atom stereocenters. The molecule has 0 spiro atoms. The molecule has 0 atom stereocenters. The highest BCUT2D eigenvalue weighted by Gasteiger charge is 2.13. The van der Waals surface area contributed by atoms with Crippen LogP contribution >= 0.6 is 0 Å². The van der Waals surface area contributed by atoms with E-state index in [-0.39, 0.29) is 0 Å². The monoisotopic (exact) mass is 372 g/mol. The van der Waals surface area contributed by atoms with Gasteiger partial charge in [0.25, 0.3) is 0 Å². The number of hydrogen-bond donors (Lipinski definition) is 0. The second-order valence-electron chi connectivity index (χ2n) is 6.68. The fraction of sp³-hybridized carbons (Fsp3) is 0.261. The van der Waals surface area contributed by atoms with Gasteiger partial charge in [-0.3, -0.25) is 14.9 Å². The molecule has 142 valence electrons. The van der Waals surface area contributed by atoms with E-state index in [1.807, 2.05) is 48.8 Å². The average Bonchev–Trinajstić information content (AvgIpc) is 2.74. The zero-order valence-electron chi connectivity index (χ0n) is 16.3. The lowest BCUT2D eigenvalue weighted by Crippen LogP contribution is -2.27. The molecule has 5 heteroatoms. The summed E-state index contributed by atoms with van der Waals surface area (Å²) in [5, 5.41) is 9.55. The fourth-order valence-electron chi connectivity index (χ4n) is 3.09. The highest BCUT2D eigenvalue weighted by atomic mass is 16.5. The Bertz CT molecular complexity index is 950. The first-order valence-electron chi connectivity index (χ1n) is 9.29. The molecule has 0 saturated heterocycles. The van der Waals surface area contributed by atoms with Crippen molar-refractivity contribution in [3.63, 3.8) is 0 Å². The van der Waals surface area contributed by atoms with Crippen molar-refractivity contribution >= 4 is 0 Å². The molecular formula is C23H24N4O. The van der Waals surface area contributed by atoms with Crippen LogP contribution in [0.25, 0.3) is 0 Å². The van der Waals surface area contributed by atoms with E-state index in [0.717, 1.165) is 36.5 Å². The van der Waals surface area contributed by atoms with Crippen molar-refractivity contribution in [1.29, 1.82) is 5.26 Å². The SMILES string of the molecule is COc1ccc(CN(CCc2ccccn2)Cc2ncccc2C)c(C#N)c1. The van der Waals surface area contributed by atoms with Crippen molar-refractivity contribution in [2.75, 3.05) is 13.7 Å². The molecule has 28 heavy (non-hydrogen) atoms. The maximum atomic E-state index is 9.55. The molecule has 5 nitrogen and oxygen atoms in total. The molecule has 0 bridgehead atoms. The van der Waals surface area contributed by atoms with Crippen molar-refractivity contribution in [2.24, 2.45) is 0 Å². The Labute approximate surface area is 166 Å². The number of pyridine rings is 2. The minimum atomic E-state index is 0.639. The number of rotatable bonds is 8. The zero-order valence-corrected chi connectivity index (χ0v) is 16.3. The second-order valence-corrected chi connectivity index (χ2v) is 6.68. The van der Waals surface area contributed by atoms with E-state index in [1.165, 1.54) is 5.56 Å². The van der Waals surface area contributed by atoms with Crippen molar-refractivity contribution in [1.82, 2.24) is 14.9 Å². The lowest BCUT2D eigenvalue weighted by atomic mass is 10.1. The Morgan fingerprint density at radius 3 is 2.61 bits per heavy atom.